The van der Waals surface area contributed by atoms with Gasteiger partial charge < -0.3 is 15.4 Å². The van der Waals surface area contributed by atoms with Crippen LogP contribution >= 0.6 is 0 Å². The van der Waals surface area contributed by atoms with Crippen LogP contribution in [-0.2, 0) is 13.1 Å². The van der Waals surface area contributed by atoms with Crippen LogP contribution in [0.4, 0.5) is 5.69 Å². The van der Waals surface area contributed by atoms with Gasteiger partial charge in [-0.05, 0) is 6.07 Å². The van der Waals surface area contributed by atoms with Gasteiger partial charge in [0.15, 0.2) is 5.69 Å². The second-order valence-corrected chi connectivity index (χ2v) is 3.73. The fourth-order valence-corrected chi connectivity index (χ4v) is 1.57. The van der Waals surface area contributed by atoms with Crippen LogP contribution in [0.3, 0.4) is 0 Å². The minimum Gasteiger partial charge on any atom is -0.476 e. The zero-order valence-corrected chi connectivity index (χ0v) is 9.48. The largest absolute Gasteiger partial charge is 0.476 e. The third-order valence-electron chi connectivity index (χ3n) is 2.46. The van der Waals surface area contributed by atoms with Gasteiger partial charge in [0.1, 0.15) is 0 Å². The number of anilines is 1. The molecule has 3 N–H and O–H groups in total. The molecule has 0 spiro atoms. The Morgan fingerprint density at radius 3 is 2.78 bits per heavy atom. The molecule has 2 heterocycles. The number of aryl methyl sites for hydroxylation is 2. The lowest BCUT2D eigenvalue weighted by molar-refractivity contribution is 0.0690. The molecule has 0 saturated heterocycles. The van der Waals surface area contributed by atoms with Crippen molar-refractivity contribution in [2.75, 3.05) is 5.73 Å². The molecule has 0 amide bonds. The van der Waals surface area contributed by atoms with Crippen molar-refractivity contribution < 1.29 is 9.90 Å². The van der Waals surface area contributed by atoms with Crippen molar-refractivity contribution in [1.29, 1.82) is 0 Å². The van der Waals surface area contributed by atoms with E-state index in [0.717, 1.165) is 0 Å². The number of aromatic nitrogens is 3. The van der Waals surface area contributed by atoms with Gasteiger partial charge in [-0.1, -0.05) is 6.07 Å². The summed E-state index contributed by atoms with van der Waals surface area (Å²) in [6.45, 7) is 0.779. The highest BCUT2D eigenvalue weighted by molar-refractivity contribution is 5.91. The number of hydrogen-bond donors (Lipinski definition) is 2. The van der Waals surface area contributed by atoms with Gasteiger partial charge in [-0.2, -0.15) is 5.10 Å². The van der Waals surface area contributed by atoms with Crippen LogP contribution in [0.25, 0.3) is 0 Å². The van der Waals surface area contributed by atoms with E-state index in [-0.39, 0.29) is 16.9 Å². The minimum atomic E-state index is -1.16. The number of rotatable bonds is 4. The van der Waals surface area contributed by atoms with Crippen LogP contribution in [0.2, 0.25) is 0 Å². The van der Waals surface area contributed by atoms with E-state index in [4.69, 9.17) is 10.8 Å². The highest BCUT2D eigenvalue weighted by Gasteiger charge is 2.12. The van der Waals surface area contributed by atoms with Crippen LogP contribution in [0.1, 0.15) is 10.5 Å². The molecule has 0 bridgehead atoms. The number of nitrogen functional groups attached to an aromatic ring is 1. The third kappa shape index (κ3) is 2.40. The van der Waals surface area contributed by atoms with Gasteiger partial charge in [0.2, 0.25) is 0 Å². The van der Waals surface area contributed by atoms with Crippen LogP contribution in [0, 0.1) is 0 Å². The topological polar surface area (TPSA) is 103 Å². The molecule has 0 aliphatic carbocycles. The Balaban J connectivity index is 2.12. The standard InChI is InChI=1S/C11H12N4O3/c12-8-7-15(13-10(8)11(17)18)6-5-14-4-2-1-3-9(14)16/h1-4,7H,5-6,12H2,(H,17,18). The smallest absolute Gasteiger partial charge is 0.358 e. The number of carbonyl (C=O) groups is 1. The maximum absolute atomic E-state index is 11.4. The predicted molar refractivity (Wildman–Crippen MR) is 64.3 cm³/mol. The van der Waals surface area contributed by atoms with E-state index < -0.39 is 5.97 Å². The Kier molecular flexibility index (Phi) is 3.13. The molecule has 2 aromatic rings. The van der Waals surface area contributed by atoms with Crippen molar-refractivity contribution in [2.24, 2.45) is 0 Å². The number of nitrogens with zero attached hydrogens (tertiary/aromatic N) is 3. The molecule has 0 unspecified atom stereocenters. The first-order valence-corrected chi connectivity index (χ1v) is 5.29. The summed E-state index contributed by atoms with van der Waals surface area (Å²) in [5.41, 5.74) is 5.34. The van der Waals surface area contributed by atoms with Crippen LogP contribution in [-0.4, -0.2) is 25.4 Å². The van der Waals surface area contributed by atoms with Gasteiger partial charge in [-0.3, -0.25) is 9.48 Å². The highest BCUT2D eigenvalue weighted by Crippen LogP contribution is 2.08. The second kappa shape index (κ2) is 4.74. The number of aromatic carboxylic acids is 1. The van der Waals surface area contributed by atoms with E-state index >= 15 is 0 Å². The van der Waals surface area contributed by atoms with Crippen molar-refractivity contribution in [3.8, 4) is 0 Å². The monoisotopic (exact) mass is 248 g/mol. The summed E-state index contributed by atoms with van der Waals surface area (Å²) >= 11 is 0. The lowest BCUT2D eigenvalue weighted by atomic mass is 10.4. The second-order valence-electron chi connectivity index (χ2n) is 3.73. The van der Waals surface area contributed by atoms with Gasteiger partial charge in [0, 0.05) is 25.0 Å². The zero-order chi connectivity index (χ0) is 13.1. The first-order valence-electron chi connectivity index (χ1n) is 5.29. The van der Waals surface area contributed by atoms with E-state index in [1.807, 2.05) is 0 Å². The van der Waals surface area contributed by atoms with Gasteiger partial charge in [0.05, 0.1) is 12.2 Å². The zero-order valence-electron chi connectivity index (χ0n) is 9.48. The summed E-state index contributed by atoms with van der Waals surface area (Å²) in [5, 5.41) is 12.6. The summed E-state index contributed by atoms with van der Waals surface area (Å²) in [7, 11) is 0. The fraction of sp³-hybridized carbons (Fsp3) is 0.182. The summed E-state index contributed by atoms with van der Waals surface area (Å²) in [6.07, 6.45) is 3.10. The van der Waals surface area contributed by atoms with Crippen molar-refractivity contribution >= 4 is 11.7 Å². The highest BCUT2D eigenvalue weighted by atomic mass is 16.4. The molecule has 0 aliphatic rings. The lowest BCUT2D eigenvalue weighted by Crippen LogP contribution is -2.20. The van der Waals surface area contributed by atoms with Crippen molar-refractivity contribution in [2.45, 2.75) is 13.1 Å². The fourth-order valence-electron chi connectivity index (χ4n) is 1.57. The Bertz CT molecular complexity index is 629. The molecule has 0 saturated carbocycles. The Morgan fingerprint density at radius 1 is 1.39 bits per heavy atom. The molecule has 0 aromatic carbocycles. The van der Waals surface area contributed by atoms with E-state index in [2.05, 4.69) is 5.10 Å². The van der Waals surface area contributed by atoms with Crippen LogP contribution in [0.15, 0.2) is 35.4 Å². The van der Waals surface area contributed by atoms with Crippen LogP contribution in [0.5, 0.6) is 0 Å². The summed E-state index contributed by atoms with van der Waals surface area (Å²) in [5.74, 6) is -1.16. The lowest BCUT2D eigenvalue weighted by Gasteiger charge is -2.04. The molecule has 2 aromatic heterocycles. The number of carboxylic acids is 1. The minimum absolute atomic E-state index is 0.114. The van der Waals surface area contributed by atoms with Gasteiger partial charge in [-0.15, -0.1) is 0 Å². The van der Waals surface area contributed by atoms with Crippen LogP contribution < -0.4 is 11.3 Å². The first-order chi connectivity index (χ1) is 8.58. The maximum Gasteiger partial charge on any atom is 0.358 e. The maximum atomic E-state index is 11.4. The normalized spacial score (nSPS) is 10.4. The number of nitrogens with two attached hydrogens (primary N) is 1. The Morgan fingerprint density at radius 2 is 2.17 bits per heavy atom. The molecule has 94 valence electrons. The summed E-state index contributed by atoms with van der Waals surface area (Å²) < 4.78 is 2.93. The third-order valence-corrected chi connectivity index (χ3v) is 2.46. The number of carboxylic acid groups (broad SMARTS) is 1. The van der Waals surface area contributed by atoms with Crippen molar-refractivity contribution in [1.82, 2.24) is 14.3 Å². The predicted octanol–water partition coefficient (Wildman–Crippen LogP) is 0.0254. The number of hydrogen-bond acceptors (Lipinski definition) is 4. The van der Waals surface area contributed by atoms with Crippen molar-refractivity contribution in [3.05, 3.63) is 46.6 Å². The molecule has 7 heteroatoms. The SMILES string of the molecule is Nc1cn(CCn2ccccc2=O)nc1C(=O)O. The Labute approximate surface area is 102 Å². The van der Waals surface area contributed by atoms with E-state index in [0.29, 0.717) is 13.1 Å². The molecule has 0 atom stereocenters. The van der Waals surface area contributed by atoms with E-state index in [9.17, 15) is 9.59 Å². The Hall–Kier alpha value is -2.57. The van der Waals surface area contributed by atoms with E-state index in [1.165, 1.54) is 21.5 Å². The number of pyridine rings is 1. The quantitative estimate of drug-likeness (QED) is 0.794. The average molecular weight is 248 g/mol. The molecule has 0 radical (unpaired) electrons. The van der Waals surface area contributed by atoms with Gasteiger partial charge in [0.25, 0.3) is 5.56 Å². The molecular weight excluding hydrogens is 236 g/mol. The summed E-state index contributed by atoms with van der Waals surface area (Å²) in [6, 6.07) is 4.87. The first kappa shape index (κ1) is 11.9. The molecule has 0 aliphatic heterocycles. The average Bonchev–Trinajstić information content (AvgIpc) is 2.70. The van der Waals surface area contributed by atoms with Crippen molar-refractivity contribution in [3.63, 3.8) is 0 Å². The molecule has 2 rings (SSSR count). The molecule has 0 fully saturated rings. The van der Waals surface area contributed by atoms with Gasteiger partial charge >= 0.3 is 5.97 Å². The summed E-state index contributed by atoms with van der Waals surface area (Å²) in [4.78, 5) is 22.2. The van der Waals surface area contributed by atoms with E-state index in [1.54, 1.807) is 18.3 Å². The van der Waals surface area contributed by atoms with Gasteiger partial charge in [-0.25, -0.2) is 4.79 Å². The molecular formula is C11H12N4O3. The molecule has 7 nitrogen and oxygen atoms in total. The molecule has 18 heavy (non-hydrogen) atoms.